The van der Waals surface area contributed by atoms with Gasteiger partial charge in [0.2, 0.25) is 15.9 Å². The number of amides is 1. The van der Waals surface area contributed by atoms with Crippen molar-refractivity contribution in [2.45, 2.75) is 31.7 Å². The highest BCUT2D eigenvalue weighted by molar-refractivity contribution is 7.98. The molecule has 0 spiro atoms. The highest BCUT2D eigenvalue weighted by atomic mass is 32.2. The van der Waals surface area contributed by atoms with Crippen molar-refractivity contribution in [2.75, 3.05) is 23.4 Å². The van der Waals surface area contributed by atoms with Gasteiger partial charge in [0, 0.05) is 10.9 Å². The third kappa shape index (κ3) is 5.53. The molecule has 0 radical (unpaired) electrons. The van der Waals surface area contributed by atoms with Gasteiger partial charge in [0.25, 0.3) is 0 Å². The van der Waals surface area contributed by atoms with Crippen LogP contribution in [0.1, 0.15) is 20.8 Å². The predicted octanol–water partition coefficient (Wildman–Crippen LogP) is 2.34. The summed E-state index contributed by atoms with van der Waals surface area (Å²) in [5, 5.41) is 2.83. The van der Waals surface area contributed by atoms with E-state index in [0.29, 0.717) is 5.69 Å². The molecule has 0 aliphatic rings. The second-order valence-electron chi connectivity index (χ2n) is 5.57. The van der Waals surface area contributed by atoms with Gasteiger partial charge >= 0.3 is 0 Å². The highest BCUT2D eigenvalue weighted by Gasteiger charge is 2.22. The van der Waals surface area contributed by atoms with Crippen molar-refractivity contribution in [3.8, 4) is 0 Å². The number of hydrogen-bond donors (Lipinski definition) is 1. The summed E-state index contributed by atoms with van der Waals surface area (Å²) in [6, 6.07) is 7.14. The minimum Gasteiger partial charge on any atom is -0.352 e. The van der Waals surface area contributed by atoms with Gasteiger partial charge in [0.05, 0.1) is 11.9 Å². The molecule has 0 aliphatic heterocycles. The number of carbonyl (C=O) groups excluding carboxylic acids is 1. The van der Waals surface area contributed by atoms with E-state index >= 15 is 0 Å². The van der Waals surface area contributed by atoms with Gasteiger partial charge in [-0.25, -0.2) is 8.42 Å². The van der Waals surface area contributed by atoms with Gasteiger partial charge in [-0.2, -0.15) is 0 Å². The zero-order valence-electron chi connectivity index (χ0n) is 13.7. The lowest BCUT2D eigenvalue weighted by Gasteiger charge is -2.24. The first-order valence-corrected chi connectivity index (χ1v) is 10.1. The van der Waals surface area contributed by atoms with Crippen LogP contribution in [0.4, 0.5) is 5.69 Å². The quantitative estimate of drug-likeness (QED) is 0.771. The maximum atomic E-state index is 12.1. The van der Waals surface area contributed by atoms with Crippen molar-refractivity contribution in [1.29, 1.82) is 0 Å². The van der Waals surface area contributed by atoms with Crippen LogP contribution in [0.25, 0.3) is 0 Å². The number of anilines is 1. The molecule has 1 unspecified atom stereocenters. The number of thioether (sulfide) groups is 1. The summed E-state index contributed by atoms with van der Waals surface area (Å²) in [4.78, 5) is 13.1. The number of nitrogens with one attached hydrogen (secondary N) is 1. The lowest BCUT2D eigenvalue weighted by molar-refractivity contribution is -0.120. The summed E-state index contributed by atoms with van der Waals surface area (Å²) >= 11 is 1.52. The molecule has 0 aliphatic carbocycles. The standard InChI is InChI=1S/C15H24N2O3S2/c1-11(2)12(3)16-15(18)10-17(22(5,19)20)13-7-6-8-14(9-13)21-4/h6-9,11-12H,10H2,1-5H3,(H,16,18). The second kappa shape index (κ2) is 7.87. The number of benzene rings is 1. The number of nitrogens with zero attached hydrogens (tertiary/aromatic N) is 1. The minimum atomic E-state index is -3.53. The molecule has 1 rings (SSSR count). The van der Waals surface area contributed by atoms with Crippen LogP contribution < -0.4 is 9.62 Å². The van der Waals surface area contributed by atoms with E-state index in [4.69, 9.17) is 0 Å². The first-order chi connectivity index (χ1) is 10.1. The number of carbonyl (C=O) groups is 1. The smallest absolute Gasteiger partial charge is 0.240 e. The van der Waals surface area contributed by atoms with Crippen molar-refractivity contribution < 1.29 is 13.2 Å². The minimum absolute atomic E-state index is 0.00792. The molecule has 1 amide bonds. The van der Waals surface area contributed by atoms with Gasteiger partial charge in [-0.3, -0.25) is 9.10 Å². The summed E-state index contributed by atoms with van der Waals surface area (Å²) in [6.45, 7) is 5.69. The molecule has 1 aromatic rings. The Kier molecular flexibility index (Phi) is 6.74. The van der Waals surface area contributed by atoms with E-state index in [9.17, 15) is 13.2 Å². The van der Waals surface area contributed by atoms with Gasteiger partial charge < -0.3 is 5.32 Å². The Bertz CT molecular complexity index is 615. The van der Waals surface area contributed by atoms with Gasteiger partial charge in [-0.15, -0.1) is 11.8 Å². The van der Waals surface area contributed by atoms with E-state index in [-0.39, 0.29) is 24.4 Å². The number of hydrogen-bond acceptors (Lipinski definition) is 4. The Morgan fingerprint density at radius 3 is 2.45 bits per heavy atom. The third-order valence-corrected chi connectivity index (χ3v) is 5.28. The lowest BCUT2D eigenvalue weighted by atomic mass is 10.1. The van der Waals surface area contributed by atoms with Crippen LogP contribution in [0.2, 0.25) is 0 Å². The Balaban J connectivity index is 2.98. The maximum Gasteiger partial charge on any atom is 0.240 e. The monoisotopic (exact) mass is 344 g/mol. The zero-order chi connectivity index (χ0) is 16.9. The largest absolute Gasteiger partial charge is 0.352 e. The zero-order valence-corrected chi connectivity index (χ0v) is 15.3. The van der Waals surface area contributed by atoms with Crippen LogP contribution in [0.3, 0.4) is 0 Å². The Labute approximate surface area is 137 Å². The van der Waals surface area contributed by atoms with E-state index in [1.807, 2.05) is 33.1 Å². The molecular weight excluding hydrogens is 320 g/mol. The molecule has 0 saturated carbocycles. The fourth-order valence-electron chi connectivity index (χ4n) is 1.76. The predicted molar refractivity (Wildman–Crippen MR) is 92.9 cm³/mol. The van der Waals surface area contributed by atoms with Crippen LogP contribution in [-0.2, 0) is 14.8 Å². The molecule has 22 heavy (non-hydrogen) atoms. The van der Waals surface area contributed by atoms with Crippen molar-refractivity contribution >= 4 is 33.4 Å². The maximum absolute atomic E-state index is 12.1. The van der Waals surface area contributed by atoms with Gasteiger partial charge in [0.1, 0.15) is 6.54 Å². The molecule has 1 N–H and O–H groups in total. The molecule has 0 fully saturated rings. The molecule has 7 heteroatoms. The Hall–Kier alpha value is -1.21. The summed E-state index contributed by atoms with van der Waals surface area (Å²) in [6.07, 6.45) is 3.03. The average molecular weight is 345 g/mol. The molecule has 124 valence electrons. The summed E-state index contributed by atoms with van der Waals surface area (Å²) in [5.74, 6) is -0.0170. The highest BCUT2D eigenvalue weighted by Crippen LogP contribution is 2.23. The van der Waals surface area contributed by atoms with Crippen molar-refractivity contribution in [3.63, 3.8) is 0 Å². The first-order valence-electron chi connectivity index (χ1n) is 7.06. The van der Waals surface area contributed by atoms with E-state index < -0.39 is 10.0 Å². The van der Waals surface area contributed by atoms with Gasteiger partial charge in [0.15, 0.2) is 0 Å². The van der Waals surface area contributed by atoms with Crippen LogP contribution in [-0.4, -0.2) is 39.4 Å². The molecule has 1 aromatic carbocycles. The van der Waals surface area contributed by atoms with Gasteiger partial charge in [-0.1, -0.05) is 19.9 Å². The van der Waals surface area contributed by atoms with Crippen molar-refractivity contribution in [2.24, 2.45) is 5.92 Å². The van der Waals surface area contributed by atoms with Crippen LogP contribution >= 0.6 is 11.8 Å². The molecular formula is C15H24N2O3S2. The number of rotatable bonds is 7. The van der Waals surface area contributed by atoms with E-state index in [0.717, 1.165) is 15.5 Å². The molecule has 1 atom stereocenters. The van der Waals surface area contributed by atoms with Crippen molar-refractivity contribution in [3.05, 3.63) is 24.3 Å². The molecule has 0 saturated heterocycles. The third-order valence-electron chi connectivity index (χ3n) is 3.42. The van der Waals surface area contributed by atoms with Crippen LogP contribution in [0.15, 0.2) is 29.2 Å². The first kappa shape index (κ1) is 18.8. The summed E-state index contributed by atoms with van der Waals surface area (Å²) < 4.78 is 25.2. The number of sulfonamides is 1. The van der Waals surface area contributed by atoms with E-state index in [2.05, 4.69) is 5.32 Å². The van der Waals surface area contributed by atoms with Crippen LogP contribution in [0.5, 0.6) is 0 Å². The topological polar surface area (TPSA) is 66.5 Å². The molecule has 0 bridgehead atoms. The Morgan fingerprint density at radius 1 is 1.32 bits per heavy atom. The molecule has 5 nitrogen and oxygen atoms in total. The SMILES string of the molecule is CSc1cccc(N(CC(=O)NC(C)C(C)C)S(C)(=O)=O)c1. The second-order valence-corrected chi connectivity index (χ2v) is 8.36. The lowest BCUT2D eigenvalue weighted by Crippen LogP contribution is -2.44. The fraction of sp³-hybridized carbons (Fsp3) is 0.533. The fourth-order valence-corrected chi connectivity index (χ4v) is 3.06. The van der Waals surface area contributed by atoms with E-state index in [1.54, 1.807) is 18.2 Å². The summed E-state index contributed by atoms with van der Waals surface area (Å²) in [5.41, 5.74) is 0.502. The average Bonchev–Trinajstić information content (AvgIpc) is 2.43. The molecule has 0 heterocycles. The van der Waals surface area contributed by atoms with Crippen LogP contribution in [0, 0.1) is 5.92 Å². The van der Waals surface area contributed by atoms with Gasteiger partial charge in [-0.05, 0) is 37.3 Å². The normalized spacial score (nSPS) is 13.0. The summed E-state index contributed by atoms with van der Waals surface area (Å²) in [7, 11) is -3.53. The van der Waals surface area contributed by atoms with E-state index in [1.165, 1.54) is 11.8 Å². The molecule has 0 aromatic heterocycles. The van der Waals surface area contributed by atoms with Crippen molar-refractivity contribution in [1.82, 2.24) is 5.32 Å². The Morgan fingerprint density at radius 2 is 1.95 bits per heavy atom.